The third-order valence-electron chi connectivity index (χ3n) is 3.59. The average molecular weight is 415 g/mol. The molecule has 2 atom stereocenters. The van der Waals surface area contributed by atoms with Crippen LogP contribution in [0.25, 0.3) is 11.0 Å². The van der Waals surface area contributed by atoms with E-state index in [-0.39, 0.29) is 16.7 Å². The van der Waals surface area contributed by atoms with Crippen molar-refractivity contribution >= 4 is 66.7 Å². The van der Waals surface area contributed by atoms with E-state index in [4.69, 9.17) is 17.2 Å². The van der Waals surface area contributed by atoms with E-state index in [1.165, 1.54) is 6.07 Å². The molecule has 0 saturated heterocycles. The van der Waals surface area contributed by atoms with Gasteiger partial charge in [-0.3, -0.25) is 4.79 Å². The third kappa shape index (κ3) is 5.17. The van der Waals surface area contributed by atoms with Gasteiger partial charge in [0, 0.05) is 29.0 Å². The molecule has 0 aliphatic rings. The molecule has 0 radical (unpaired) electrons. The van der Waals surface area contributed by atoms with Gasteiger partial charge in [0.15, 0.2) is 6.04 Å². The normalized spacial score (nSPS) is 13.2. The molecular weight excluding hydrogens is 396 g/mol. The zero-order valence-corrected chi connectivity index (χ0v) is 16.3. The molecule has 0 saturated carbocycles. The molecule has 1 unspecified atom stereocenters. The Morgan fingerprint density at radius 1 is 1.38 bits per heavy atom. The molecule has 8 nitrogen and oxygen atoms in total. The first-order valence-electron chi connectivity index (χ1n) is 7.57. The molecule has 2 aromatic rings. The van der Waals surface area contributed by atoms with Gasteiger partial charge in [0.2, 0.25) is 5.91 Å². The fraction of sp³-hybridized carbons (Fsp3) is 0.267. The van der Waals surface area contributed by atoms with Crippen LogP contribution >= 0.6 is 12.6 Å². The van der Waals surface area contributed by atoms with Crippen LogP contribution in [0.15, 0.2) is 33.5 Å². The summed E-state index contributed by atoms with van der Waals surface area (Å²) in [5, 5.41) is 6.28. The molecule has 0 fully saturated rings. The van der Waals surface area contributed by atoms with Gasteiger partial charge >= 0.3 is 11.5 Å². The van der Waals surface area contributed by atoms with Crippen LogP contribution in [0.2, 0.25) is 0 Å². The van der Waals surface area contributed by atoms with Crippen molar-refractivity contribution in [2.45, 2.75) is 13.0 Å². The highest BCUT2D eigenvalue weighted by molar-refractivity contribution is 7.80. The van der Waals surface area contributed by atoms with E-state index in [0.29, 0.717) is 11.3 Å². The maximum atomic E-state index is 12.1. The summed E-state index contributed by atoms with van der Waals surface area (Å²) in [6, 6.07) is 5.79. The lowest BCUT2D eigenvalue weighted by molar-refractivity contribution is -1.21. The molecule has 2 amide bonds. The maximum absolute atomic E-state index is 12.1. The fourth-order valence-corrected chi connectivity index (χ4v) is 2.80. The van der Waals surface area contributed by atoms with Crippen molar-refractivity contribution in [1.29, 1.82) is 0 Å². The predicted molar refractivity (Wildman–Crippen MR) is 104 cm³/mol. The van der Waals surface area contributed by atoms with Gasteiger partial charge in [-0.15, -0.1) is 0 Å². The van der Waals surface area contributed by atoms with Crippen LogP contribution in [0, 0.1) is 6.92 Å². The maximum Gasteiger partial charge on any atom is 0.361 e. The molecule has 2 rings (SSSR count). The van der Waals surface area contributed by atoms with Gasteiger partial charge < -0.3 is 45.5 Å². The second kappa shape index (κ2) is 9.33. The van der Waals surface area contributed by atoms with Gasteiger partial charge in [-0.05, 0) is 24.6 Å². The first-order chi connectivity index (χ1) is 12.3. The summed E-state index contributed by atoms with van der Waals surface area (Å²) < 4.78 is 5.14. The second-order valence-corrected chi connectivity index (χ2v) is 6.50. The van der Waals surface area contributed by atoms with Crippen molar-refractivity contribution in [3.8, 4) is 0 Å². The number of aryl methyl sites for hydroxylation is 1. The SMILES string of the molecule is Cc1cc(=O)oc2cc(NCC(=O)N[C@@H](CS)C(=O)[NH+]([S-])[NH2+][S-])ccc12. The van der Waals surface area contributed by atoms with Crippen molar-refractivity contribution in [1.82, 2.24) is 5.32 Å². The lowest BCUT2D eigenvalue weighted by Gasteiger charge is -2.24. The van der Waals surface area contributed by atoms with Crippen LogP contribution < -0.4 is 25.5 Å². The van der Waals surface area contributed by atoms with Crippen molar-refractivity contribution in [3.63, 3.8) is 0 Å². The molecule has 1 aromatic carbocycles. The van der Waals surface area contributed by atoms with Gasteiger partial charge in [-0.1, -0.05) is 0 Å². The standard InChI is InChI=1S/C15H18N4O4S3/c1-8-4-14(21)23-12-5-9(2-3-10(8)12)16-6-13(20)17-11(7-24)15(22)19(26)18-25/h2-5,11,16,19,24H,6-7,18H2,1H3,(H,17,20)/t11-/m0/s1. The number of fused-ring (bicyclic) bond motifs is 1. The zero-order chi connectivity index (χ0) is 19.3. The first-order valence-corrected chi connectivity index (χ1v) is 9.09. The number of carbonyl (C=O) groups excluding carboxylic acids is 2. The second-order valence-electron chi connectivity index (χ2n) is 5.46. The number of carbonyl (C=O) groups is 2. The van der Waals surface area contributed by atoms with E-state index in [9.17, 15) is 14.4 Å². The van der Waals surface area contributed by atoms with Crippen molar-refractivity contribution < 1.29 is 23.3 Å². The number of quaternary nitrogens is 2. The minimum atomic E-state index is -0.836. The molecular formula is C15H18N4O4S3. The van der Waals surface area contributed by atoms with E-state index < -0.39 is 23.5 Å². The van der Waals surface area contributed by atoms with Crippen LogP contribution in [0.4, 0.5) is 5.69 Å². The van der Waals surface area contributed by atoms with Crippen molar-refractivity contribution in [3.05, 3.63) is 40.2 Å². The molecule has 0 aliphatic heterocycles. The number of benzene rings is 1. The summed E-state index contributed by atoms with van der Waals surface area (Å²) >= 11 is 13.5. The van der Waals surface area contributed by atoms with Crippen LogP contribution in [-0.2, 0) is 35.2 Å². The predicted octanol–water partition coefficient (Wildman–Crippen LogP) is -2.26. The lowest BCUT2D eigenvalue weighted by atomic mass is 10.1. The molecule has 0 aliphatic carbocycles. The zero-order valence-electron chi connectivity index (χ0n) is 13.8. The smallest absolute Gasteiger partial charge is 0.361 e. The monoisotopic (exact) mass is 414 g/mol. The van der Waals surface area contributed by atoms with Crippen LogP contribution in [0.3, 0.4) is 0 Å². The molecule has 0 spiro atoms. The van der Waals surface area contributed by atoms with Gasteiger partial charge in [-0.2, -0.15) is 12.6 Å². The van der Waals surface area contributed by atoms with Gasteiger partial charge in [0.1, 0.15) is 5.58 Å². The molecule has 1 heterocycles. The van der Waals surface area contributed by atoms with Crippen molar-refractivity contribution in [2.24, 2.45) is 0 Å². The van der Waals surface area contributed by atoms with Crippen LogP contribution in [0.1, 0.15) is 5.56 Å². The Kier molecular flexibility index (Phi) is 7.41. The third-order valence-corrected chi connectivity index (χ3v) is 4.66. The van der Waals surface area contributed by atoms with E-state index >= 15 is 0 Å². The summed E-state index contributed by atoms with van der Waals surface area (Å²) in [6.07, 6.45) is 0. The van der Waals surface area contributed by atoms with Crippen LogP contribution in [-0.4, -0.2) is 30.2 Å². The number of thiol groups is 1. The number of hydrogen-bond donors (Lipinski definition) is 5. The van der Waals surface area contributed by atoms with E-state index in [0.717, 1.165) is 15.8 Å². The summed E-state index contributed by atoms with van der Waals surface area (Å²) in [6.45, 7) is 1.74. The minimum Gasteiger partial charge on any atom is -0.437 e. The van der Waals surface area contributed by atoms with Gasteiger partial charge in [0.05, 0.1) is 6.54 Å². The summed E-state index contributed by atoms with van der Waals surface area (Å²) in [4.78, 5) is 36.6. The molecule has 5 N–H and O–H groups in total. The molecule has 0 bridgehead atoms. The Morgan fingerprint density at radius 2 is 2.12 bits per heavy atom. The summed E-state index contributed by atoms with van der Waals surface area (Å²) in [5.41, 5.74) is 1.40. The number of rotatable bonds is 7. The Hall–Kier alpha value is -1.66. The fourth-order valence-electron chi connectivity index (χ4n) is 2.29. The highest BCUT2D eigenvalue weighted by atomic mass is 32.1. The van der Waals surface area contributed by atoms with Gasteiger partial charge in [-0.25, -0.2) is 14.0 Å². The largest absolute Gasteiger partial charge is 0.437 e. The Labute approximate surface area is 166 Å². The number of nitrogens with two attached hydrogens (primary N) is 1. The average Bonchev–Trinajstić information content (AvgIpc) is 2.62. The highest BCUT2D eigenvalue weighted by Gasteiger charge is 2.24. The molecule has 140 valence electrons. The van der Waals surface area contributed by atoms with E-state index in [1.54, 1.807) is 18.2 Å². The topological polar surface area (TPSA) is 109 Å². The highest BCUT2D eigenvalue weighted by Crippen LogP contribution is 2.20. The lowest BCUT2D eigenvalue weighted by Crippen LogP contribution is -3.45. The quantitative estimate of drug-likeness (QED) is 0.0869. The van der Waals surface area contributed by atoms with Crippen LogP contribution in [0.5, 0.6) is 0 Å². The number of amides is 2. The number of anilines is 1. The Bertz CT molecular complexity index is 874. The molecule has 1 aromatic heterocycles. The van der Waals surface area contributed by atoms with E-state index in [2.05, 4.69) is 36.1 Å². The molecule has 11 heteroatoms. The summed E-state index contributed by atoms with van der Waals surface area (Å²) in [7, 11) is 0. The minimum absolute atomic E-state index is 0.0211. The number of hydrogen-bond acceptors (Lipinski definition) is 8. The Balaban J connectivity index is 2.01. The molecule has 26 heavy (non-hydrogen) atoms. The van der Waals surface area contributed by atoms with Gasteiger partial charge in [0.25, 0.3) is 0 Å². The Morgan fingerprint density at radius 3 is 2.77 bits per heavy atom. The first kappa shape index (κ1) is 20.6. The van der Waals surface area contributed by atoms with Crippen molar-refractivity contribution in [2.75, 3.05) is 17.6 Å². The number of nitrogens with one attached hydrogen (secondary N) is 3. The summed E-state index contributed by atoms with van der Waals surface area (Å²) in [5.74, 6) is -0.745. The van der Waals surface area contributed by atoms with E-state index in [1.807, 2.05) is 6.92 Å².